The molecular weight excluding hydrogens is 214 g/mol. The first-order valence-corrected chi connectivity index (χ1v) is 7.25. The third-order valence-corrected chi connectivity index (χ3v) is 4.00. The van der Waals surface area contributed by atoms with Gasteiger partial charge in [-0.1, -0.05) is 25.7 Å². The second kappa shape index (κ2) is 7.00. The molecule has 0 aliphatic heterocycles. The highest BCUT2D eigenvalue weighted by atomic mass is 16.5. The highest BCUT2D eigenvalue weighted by molar-refractivity contribution is 5.79. The highest BCUT2D eigenvalue weighted by Gasteiger charge is 2.24. The molecule has 0 heterocycles. The number of carbonyl (C=O) groups is 1. The van der Waals surface area contributed by atoms with Crippen molar-refractivity contribution in [3.63, 3.8) is 0 Å². The third kappa shape index (κ3) is 4.30. The SMILES string of the molecule is O=C(NCCCOC1CCCCC1)C1CCC1. The summed E-state index contributed by atoms with van der Waals surface area (Å²) >= 11 is 0. The fourth-order valence-electron chi connectivity index (χ4n) is 2.58. The molecule has 0 unspecified atom stereocenters. The molecule has 0 bridgehead atoms. The zero-order valence-electron chi connectivity index (χ0n) is 10.7. The van der Waals surface area contributed by atoms with E-state index < -0.39 is 0 Å². The quantitative estimate of drug-likeness (QED) is 0.724. The maximum absolute atomic E-state index is 11.5. The lowest BCUT2D eigenvalue weighted by Gasteiger charge is -2.24. The van der Waals surface area contributed by atoms with Crippen molar-refractivity contribution in [3.05, 3.63) is 0 Å². The number of rotatable bonds is 6. The predicted molar refractivity (Wildman–Crippen MR) is 67.8 cm³/mol. The van der Waals surface area contributed by atoms with Crippen molar-refractivity contribution in [2.75, 3.05) is 13.2 Å². The first-order valence-electron chi connectivity index (χ1n) is 7.25. The molecule has 0 aromatic carbocycles. The summed E-state index contributed by atoms with van der Waals surface area (Å²) < 4.78 is 5.81. The average Bonchev–Trinajstić information content (AvgIpc) is 2.27. The molecule has 2 fully saturated rings. The Hall–Kier alpha value is -0.570. The molecule has 17 heavy (non-hydrogen) atoms. The maximum atomic E-state index is 11.5. The summed E-state index contributed by atoms with van der Waals surface area (Å²) in [6.45, 7) is 1.58. The summed E-state index contributed by atoms with van der Waals surface area (Å²) in [5.41, 5.74) is 0. The molecule has 2 aliphatic rings. The minimum absolute atomic E-state index is 0.258. The van der Waals surface area contributed by atoms with Crippen LogP contribution in [0.25, 0.3) is 0 Å². The van der Waals surface area contributed by atoms with Gasteiger partial charge in [-0.25, -0.2) is 0 Å². The van der Waals surface area contributed by atoms with Crippen LogP contribution in [-0.4, -0.2) is 25.2 Å². The number of hydrogen-bond acceptors (Lipinski definition) is 2. The van der Waals surface area contributed by atoms with Crippen molar-refractivity contribution in [2.45, 2.75) is 63.9 Å². The van der Waals surface area contributed by atoms with Gasteiger partial charge in [0.2, 0.25) is 5.91 Å². The van der Waals surface area contributed by atoms with Crippen LogP contribution in [0.4, 0.5) is 0 Å². The lowest BCUT2D eigenvalue weighted by Crippen LogP contribution is -2.35. The molecule has 1 N–H and O–H groups in total. The molecule has 2 rings (SSSR count). The molecule has 0 saturated heterocycles. The van der Waals surface area contributed by atoms with E-state index in [0.29, 0.717) is 12.0 Å². The van der Waals surface area contributed by atoms with Crippen LogP contribution < -0.4 is 5.32 Å². The number of nitrogens with one attached hydrogen (secondary N) is 1. The molecule has 0 spiro atoms. The van der Waals surface area contributed by atoms with Gasteiger partial charge in [0.1, 0.15) is 0 Å². The normalized spacial score (nSPS) is 22.1. The Bertz CT molecular complexity index is 232. The van der Waals surface area contributed by atoms with E-state index in [1.165, 1.54) is 38.5 Å². The fraction of sp³-hybridized carbons (Fsp3) is 0.929. The summed E-state index contributed by atoms with van der Waals surface area (Å²) in [6.07, 6.45) is 11.3. The summed E-state index contributed by atoms with van der Waals surface area (Å²) in [4.78, 5) is 11.5. The number of ether oxygens (including phenoxy) is 1. The molecular formula is C14H25NO2. The largest absolute Gasteiger partial charge is 0.378 e. The standard InChI is InChI=1S/C14H25NO2/c16-14(12-6-4-7-12)15-10-5-11-17-13-8-2-1-3-9-13/h12-13H,1-11H2,(H,15,16). The van der Waals surface area contributed by atoms with Crippen LogP contribution in [-0.2, 0) is 9.53 Å². The molecule has 0 aromatic heterocycles. The van der Waals surface area contributed by atoms with Gasteiger partial charge in [0.15, 0.2) is 0 Å². The van der Waals surface area contributed by atoms with Crippen LogP contribution in [0.15, 0.2) is 0 Å². The van der Waals surface area contributed by atoms with E-state index in [0.717, 1.165) is 32.4 Å². The molecule has 2 saturated carbocycles. The molecule has 0 atom stereocenters. The van der Waals surface area contributed by atoms with E-state index in [9.17, 15) is 4.79 Å². The van der Waals surface area contributed by atoms with Crippen LogP contribution >= 0.6 is 0 Å². The second-order valence-electron chi connectivity index (χ2n) is 5.40. The number of amides is 1. The Morgan fingerprint density at radius 3 is 2.47 bits per heavy atom. The zero-order valence-corrected chi connectivity index (χ0v) is 10.7. The van der Waals surface area contributed by atoms with Crippen molar-refractivity contribution in [2.24, 2.45) is 5.92 Å². The van der Waals surface area contributed by atoms with Gasteiger partial charge < -0.3 is 10.1 Å². The molecule has 3 nitrogen and oxygen atoms in total. The average molecular weight is 239 g/mol. The smallest absolute Gasteiger partial charge is 0.223 e. The Morgan fingerprint density at radius 1 is 1.06 bits per heavy atom. The van der Waals surface area contributed by atoms with Crippen molar-refractivity contribution in [1.82, 2.24) is 5.32 Å². The van der Waals surface area contributed by atoms with Gasteiger partial charge in [-0.15, -0.1) is 0 Å². The van der Waals surface area contributed by atoms with Crippen molar-refractivity contribution >= 4 is 5.91 Å². The highest BCUT2D eigenvalue weighted by Crippen LogP contribution is 2.26. The van der Waals surface area contributed by atoms with Crippen molar-refractivity contribution in [1.29, 1.82) is 0 Å². The van der Waals surface area contributed by atoms with Gasteiger partial charge in [-0.2, -0.15) is 0 Å². The number of carbonyl (C=O) groups excluding carboxylic acids is 1. The molecule has 0 radical (unpaired) electrons. The van der Waals surface area contributed by atoms with Gasteiger partial charge in [0, 0.05) is 19.1 Å². The Balaban J connectivity index is 1.44. The Kier molecular flexibility index (Phi) is 5.30. The van der Waals surface area contributed by atoms with Gasteiger partial charge in [-0.05, 0) is 32.1 Å². The topological polar surface area (TPSA) is 38.3 Å². The third-order valence-electron chi connectivity index (χ3n) is 4.00. The molecule has 98 valence electrons. The molecule has 0 aromatic rings. The van der Waals surface area contributed by atoms with Gasteiger partial charge in [0.05, 0.1) is 6.10 Å². The number of hydrogen-bond donors (Lipinski definition) is 1. The Morgan fingerprint density at radius 2 is 1.82 bits per heavy atom. The van der Waals surface area contributed by atoms with E-state index >= 15 is 0 Å². The zero-order chi connectivity index (χ0) is 11.9. The van der Waals surface area contributed by atoms with Crippen molar-refractivity contribution in [3.8, 4) is 0 Å². The van der Waals surface area contributed by atoms with E-state index in [1.807, 2.05) is 0 Å². The van der Waals surface area contributed by atoms with Crippen LogP contribution in [0.1, 0.15) is 57.8 Å². The van der Waals surface area contributed by atoms with Gasteiger partial charge in [-0.3, -0.25) is 4.79 Å². The summed E-state index contributed by atoms with van der Waals surface area (Å²) in [6, 6.07) is 0. The first kappa shape index (κ1) is 12.9. The van der Waals surface area contributed by atoms with Crippen LogP contribution in [0, 0.1) is 5.92 Å². The predicted octanol–water partition coefficient (Wildman–Crippen LogP) is 2.64. The summed E-state index contributed by atoms with van der Waals surface area (Å²) in [7, 11) is 0. The van der Waals surface area contributed by atoms with Gasteiger partial charge >= 0.3 is 0 Å². The van der Waals surface area contributed by atoms with Crippen LogP contribution in [0.5, 0.6) is 0 Å². The van der Waals surface area contributed by atoms with E-state index in [-0.39, 0.29) is 5.91 Å². The molecule has 1 amide bonds. The fourth-order valence-corrected chi connectivity index (χ4v) is 2.58. The van der Waals surface area contributed by atoms with E-state index in [2.05, 4.69) is 5.32 Å². The Labute approximate surface area is 104 Å². The lowest BCUT2D eigenvalue weighted by molar-refractivity contribution is -0.127. The van der Waals surface area contributed by atoms with Gasteiger partial charge in [0.25, 0.3) is 0 Å². The first-order chi connectivity index (χ1) is 8.36. The monoisotopic (exact) mass is 239 g/mol. The van der Waals surface area contributed by atoms with Crippen LogP contribution in [0.2, 0.25) is 0 Å². The summed E-state index contributed by atoms with van der Waals surface area (Å²) in [5.74, 6) is 0.572. The summed E-state index contributed by atoms with van der Waals surface area (Å²) in [5, 5.41) is 3.00. The minimum Gasteiger partial charge on any atom is -0.378 e. The second-order valence-corrected chi connectivity index (χ2v) is 5.40. The lowest BCUT2D eigenvalue weighted by atomic mass is 9.85. The van der Waals surface area contributed by atoms with E-state index in [1.54, 1.807) is 0 Å². The van der Waals surface area contributed by atoms with E-state index in [4.69, 9.17) is 4.74 Å². The van der Waals surface area contributed by atoms with Crippen LogP contribution in [0.3, 0.4) is 0 Å². The van der Waals surface area contributed by atoms with Crippen molar-refractivity contribution < 1.29 is 9.53 Å². The maximum Gasteiger partial charge on any atom is 0.223 e. The molecule has 3 heteroatoms. The molecule has 2 aliphatic carbocycles. The minimum atomic E-state index is 0.258.